The monoisotopic (exact) mass is 206 g/mol. The van der Waals surface area contributed by atoms with Crippen molar-refractivity contribution in [1.29, 1.82) is 0 Å². The van der Waals surface area contributed by atoms with E-state index in [0.29, 0.717) is 6.54 Å². The molecule has 0 radical (unpaired) electrons. The van der Waals surface area contributed by atoms with Gasteiger partial charge in [0.05, 0.1) is 0 Å². The molecule has 0 aliphatic carbocycles. The van der Waals surface area contributed by atoms with E-state index in [4.69, 9.17) is 5.73 Å². The number of hydrogen-bond donors (Lipinski definition) is 1. The van der Waals surface area contributed by atoms with Crippen molar-refractivity contribution in [3.63, 3.8) is 0 Å². The van der Waals surface area contributed by atoms with E-state index in [1.54, 1.807) is 0 Å². The molecule has 0 unspecified atom stereocenters. The quantitative estimate of drug-likeness (QED) is 0.798. The molecule has 4 heteroatoms. The van der Waals surface area contributed by atoms with Crippen molar-refractivity contribution in [2.75, 3.05) is 24.5 Å². The average molecular weight is 206 g/mol. The Morgan fingerprint density at radius 2 is 2.07 bits per heavy atom. The molecule has 0 bridgehead atoms. The summed E-state index contributed by atoms with van der Waals surface area (Å²) in [6, 6.07) is 2.02. The SMILES string of the molecule is Cc1cc(CCN)nc(N2CCCC2)n1. The number of nitrogens with two attached hydrogens (primary N) is 1. The molecule has 2 N–H and O–H groups in total. The van der Waals surface area contributed by atoms with E-state index >= 15 is 0 Å². The maximum atomic E-state index is 5.54. The highest BCUT2D eigenvalue weighted by Gasteiger charge is 2.15. The van der Waals surface area contributed by atoms with E-state index in [-0.39, 0.29) is 0 Å². The van der Waals surface area contributed by atoms with Crippen LogP contribution in [-0.2, 0) is 6.42 Å². The molecule has 1 aliphatic rings. The molecule has 15 heavy (non-hydrogen) atoms. The molecule has 1 fully saturated rings. The fourth-order valence-electron chi connectivity index (χ4n) is 1.95. The Kier molecular flexibility index (Phi) is 3.16. The highest BCUT2D eigenvalue weighted by atomic mass is 15.3. The molecular weight excluding hydrogens is 188 g/mol. The summed E-state index contributed by atoms with van der Waals surface area (Å²) in [6.45, 7) is 4.84. The first-order valence-corrected chi connectivity index (χ1v) is 5.59. The first-order chi connectivity index (χ1) is 7.29. The molecule has 2 rings (SSSR count). The van der Waals surface area contributed by atoms with Gasteiger partial charge in [-0.25, -0.2) is 9.97 Å². The minimum atomic E-state index is 0.649. The summed E-state index contributed by atoms with van der Waals surface area (Å²) in [4.78, 5) is 11.3. The lowest BCUT2D eigenvalue weighted by molar-refractivity contribution is 0.845. The lowest BCUT2D eigenvalue weighted by Crippen LogP contribution is -2.21. The van der Waals surface area contributed by atoms with Crippen LogP contribution in [0, 0.1) is 6.92 Å². The van der Waals surface area contributed by atoms with Crippen LogP contribution < -0.4 is 10.6 Å². The maximum Gasteiger partial charge on any atom is 0.225 e. The zero-order valence-corrected chi connectivity index (χ0v) is 9.24. The number of aromatic nitrogens is 2. The molecule has 0 spiro atoms. The van der Waals surface area contributed by atoms with Gasteiger partial charge < -0.3 is 10.6 Å². The van der Waals surface area contributed by atoms with Gasteiger partial charge in [0.1, 0.15) is 0 Å². The predicted octanol–water partition coefficient (Wildman–Crippen LogP) is 0.886. The van der Waals surface area contributed by atoms with Gasteiger partial charge in [-0.2, -0.15) is 0 Å². The topological polar surface area (TPSA) is 55.0 Å². The molecule has 1 saturated heterocycles. The third-order valence-electron chi connectivity index (χ3n) is 2.68. The highest BCUT2D eigenvalue weighted by molar-refractivity contribution is 5.33. The normalized spacial score (nSPS) is 16.0. The fraction of sp³-hybridized carbons (Fsp3) is 0.636. The molecule has 1 aliphatic heterocycles. The first kappa shape index (κ1) is 10.4. The van der Waals surface area contributed by atoms with Crippen molar-refractivity contribution in [1.82, 2.24) is 9.97 Å². The predicted molar refractivity (Wildman–Crippen MR) is 61.0 cm³/mol. The summed E-state index contributed by atoms with van der Waals surface area (Å²) >= 11 is 0. The minimum Gasteiger partial charge on any atom is -0.341 e. The van der Waals surface area contributed by atoms with Gasteiger partial charge in [0.15, 0.2) is 0 Å². The molecule has 0 atom stereocenters. The van der Waals surface area contributed by atoms with Crippen LogP contribution in [0.1, 0.15) is 24.2 Å². The highest BCUT2D eigenvalue weighted by Crippen LogP contribution is 2.16. The van der Waals surface area contributed by atoms with Gasteiger partial charge in [-0.1, -0.05) is 0 Å². The standard InChI is InChI=1S/C11H18N4/c1-9-8-10(4-5-12)14-11(13-9)15-6-2-3-7-15/h8H,2-7,12H2,1H3. The summed E-state index contributed by atoms with van der Waals surface area (Å²) in [7, 11) is 0. The summed E-state index contributed by atoms with van der Waals surface area (Å²) in [6.07, 6.45) is 3.34. The molecule has 4 nitrogen and oxygen atoms in total. The Morgan fingerprint density at radius 1 is 1.33 bits per heavy atom. The number of aryl methyl sites for hydroxylation is 1. The van der Waals surface area contributed by atoms with Crippen LogP contribution in [0.3, 0.4) is 0 Å². The summed E-state index contributed by atoms with van der Waals surface area (Å²) in [5.41, 5.74) is 7.64. The molecular formula is C11H18N4. The maximum absolute atomic E-state index is 5.54. The smallest absolute Gasteiger partial charge is 0.225 e. The Hall–Kier alpha value is -1.16. The van der Waals surface area contributed by atoms with Crippen LogP contribution >= 0.6 is 0 Å². The van der Waals surface area contributed by atoms with Gasteiger partial charge in [0.25, 0.3) is 0 Å². The van der Waals surface area contributed by atoms with Crippen molar-refractivity contribution in [3.05, 3.63) is 17.5 Å². The zero-order chi connectivity index (χ0) is 10.7. The van der Waals surface area contributed by atoms with Gasteiger partial charge in [0.2, 0.25) is 5.95 Å². The average Bonchev–Trinajstić information content (AvgIpc) is 2.70. The Morgan fingerprint density at radius 3 is 2.73 bits per heavy atom. The van der Waals surface area contributed by atoms with E-state index in [1.807, 2.05) is 13.0 Å². The summed E-state index contributed by atoms with van der Waals surface area (Å²) in [5, 5.41) is 0. The van der Waals surface area contributed by atoms with Crippen LogP contribution in [0.2, 0.25) is 0 Å². The second-order valence-electron chi connectivity index (χ2n) is 4.03. The van der Waals surface area contributed by atoms with Gasteiger partial charge >= 0.3 is 0 Å². The van der Waals surface area contributed by atoms with E-state index in [9.17, 15) is 0 Å². The molecule has 0 aromatic carbocycles. The Balaban J connectivity index is 2.22. The largest absolute Gasteiger partial charge is 0.341 e. The lowest BCUT2D eigenvalue weighted by Gasteiger charge is -2.16. The van der Waals surface area contributed by atoms with Gasteiger partial charge in [0, 0.05) is 30.9 Å². The third-order valence-corrected chi connectivity index (χ3v) is 2.68. The first-order valence-electron chi connectivity index (χ1n) is 5.59. The summed E-state index contributed by atoms with van der Waals surface area (Å²) < 4.78 is 0. The van der Waals surface area contributed by atoms with E-state index in [2.05, 4.69) is 14.9 Å². The van der Waals surface area contributed by atoms with Crippen LogP contribution in [0.5, 0.6) is 0 Å². The lowest BCUT2D eigenvalue weighted by atomic mass is 10.2. The van der Waals surface area contributed by atoms with E-state index in [1.165, 1.54) is 12.8 Å². The number of nitrogens with zero attached hydrogens (tertiary/aromatic N) is 3. The van der Waals surface area contributed by atoms with Crippen LogP contribution in [0.25, 0.3) is 0 Å². The Bertz CT molecular complexity index is 331. The molecule has 2 heterocycles. The molecule has 1 aromatic heterocycles. The molecule has 1 aromatic rings. The van der Waals surface area contributed by atoms with E-state index in [0.717, 1.165) is 36.8 Å². The number of hydrogen-bond acceptors (Lipinski definition) is 4. The molecule has 0 amide bonds. The van der Waals surface area contributed by atoms with Gasteiger partial charge in [-0.3, -0.25) is 0 Å². The molecule has 0 saturated carbocycles. The number of rotatable bonds is 3. The second kappa shape index (κ2) is 4.57. The number of anilines is 1. The van der Waals surface area contributed by atoms with Crippen LogP contribution in [0.4, 0.5) is 5.95 Å². The fourth-order valence-corrected chi connectivity index (χ4v) is 1.95. The Labute approximate surface area is 90.5 Å². The van der Waals surface area contributed by atoms with Crippen LogP contribution in [-0.4, -0.2) is 29.6 Å². The van der Waals surface area contributed by atoms with Gasteiger partial charge in [-0.05, 0) is 32.4 Å². The summed E-state index contributed by atoms with van der Waals surface area (Å²) in [5.74, 6) is 0.885. The van der Waals surface area contributed by atoms with Crippen molar-refractivity contribution in [2.24, 2.45) is 5.73 Å². The zero-order valence-electron chi connectivity index (χ0n) is 9.24. The van der Waals surface area contributed by atoms with Crippen molar-refractivity contribution < 1.29 is 0 Å². The second-order valence-corrected chi connectivity index (χ2v) is 4.03. The van der Waals surface area contributed by atoms with Crippen molar-refractivity contribution in [2.45, 2.75) is 26.2 Å². The minimum absolute atomic E-state index is 0.649. The van der Waals surface area contributed by atoms with Crippen molar-refractivity contribution >= 4 is 5.95 Å². The molecule has 82 valence electrons. The van der Waals surface area contributed by atoms with Crippen molar-refractivity contribution in [3.8, 4) is 0 Å². The third kappa shape index (κ3) is 2.45. The van der Waals surface area contributed by atoms with Crippen LogP contribution in [0.15, 0.2) is 6.07 Å². The van der Waals surface area contributed by atoms with Gasteiger partial charge in [-0.15, -0.1) is 0 Å². The van der Waals surface area contributed by atoms with E-state index < -0.39 is 0 Å².